The minimum absolute atomic E-state index is 0.351. The second-order valence-electron chi connectivity index (χ2n) is 6.84. The molecule has 0 unspecified atom stereocenters. The van der Waals surface area contributed by atoms with E-state index >= 15 is 0 Å². The summed E-state index contributed by atoms with van der Waals surface area (Å²) in [4.78, 5) is 22.7. The number of amides is 1. The fourth-order valence-electron chi connectivity index (χ4n) is 2.54. The van der Waals surface area contributed by atoms with Crippen LogP contribution in [-0.2, 0) is 4.74 Å². The molecule has 1 amide bonds. The minimum atomic E-state index is -0.460. The molecule has 0 spiro atoms. The van der Waals surface area contributed by atoms with Gasteiger partial charge in [-0.3, -0.25) is 0 Å². The van der Waals surface area contributed by atoms with Gasteiger partial charge in [0.15, 0.2) is 0 Å². The van der Waals surface area contributed by atoms with Crippen LogP contribution in [-0.4, -0.2) is 41.3 Å². The van der Waals surface area contributed by atoms with Gasteiger partial charge in [0.05, 0.1) is 0 Å². The Balaban J connectivity index is 1.85. The van der Waals surface area contributed by atoms with Crippen LogP contribution in [0.5, 0.6) is 0 Å². The van der Waals surface area contributed by atoms with Crippen LogP contribution in [0.15, 0.2) is 12.3 Å². The van der Waals surface area contributed by atoms with Crippen LogP contribution in [0.4, 0.5) is 10.7 Å². The van der Waals surface area contributed by atoms with E-state index < -0.39 is 5.60 Å². The van der Waals surface area contributed by atoms with Gasteiger partial charge in [0.25, 0.3) is 0 Å². The Kier molecular flexibility index (Phi) is 5.21. The lowest BCUT2D eigenvalue weighted by Crippen LogP contribution is -2.42. The first kappa shape index (κ1) is 16.5. The summed E-state index contributed by atoms with van der Waals surface area (Å²) in [5.41, 5.74) is 0.511. The number of nitrogens with one attached hydrogen (secondary N) is 1. The Labute approximate surface area is 132 Å². The van der Waals surface area contributed by atoms with E-state index in [0.29, 0.717) is 12.5 Å². The van der Waals surface area contributed by atoms with Crippen LogP contribution in [0.3, 0.4) is 0 Å². The molecule has 0 radical (unpaired) electrons. The van der Waals surface area contributed by atoms with Crippen LogP contribution in [0.2, 0.25) is 0 Å². The van der Waals surface area contributed by atoms with E-state index in [2.05, 4.69) is 20.2 Å². The zero-order valence-electron chi connectivity index (χ0n) is 13.9. The summed E-state index contributed by atoms with van der Waals surface area (Å²) in [6.45, 7) is 10.0. The van der Waals surface area contributed by atoms with Gasteiger partial charge in [-0.2, -0.15) is 0 Å². The summed E-state index contributed by atoms with van der Waals surface area (Å²) < 4.78 is 5.27. The molecule has 0 aromatic carbocycles. The Morgan fingerprint density at radius 2 is 2.27 bits per heavy atom. The normalized spacial score (nSPS) is 18.9. The Bertz CT molecular complexity index is 513. The predicted molar refractivity (Wildman–Crippen MR) is 85.9 cm³/mol. The molecular formula is C16H26N4O2. The highest BCUT2D eigenvalue weighted by Gasteiger charge is 2.23. The number of aryl methyl sites for hydroxylation is 1. The molecule has 1 atom stereocenters. The highest BCUT2D eigenvalue weighted by molar-refractivity contribution is 5.67. The molecular weight excluding hydrogens is 280 g/mol. The maximum absolute atomic E-state index is 11.7. The maximum Gasteiger partial charge on any atom is 0.407 e. The molecule has 1 N–H and O–H groups in total. The number of rotatable bonds is 3. The molecule has 0 saturated carbocycles. The van der Waals surface area contributed by atoms with Crippen molar-refractivity contribution in [3.63, 3.8) is 0 Å². The van der Waals surface area contributed by atoms with E-state index in [1.54, 1.807) is 6.20 Å². The molecule has 2 heterocycles. The number of hydrogen-bond donors (Lipinski definition) is 1. The number of anilines is 1. The Morgan fingerprint density at radius 3 is 2.95 bits per heavy atom. The molecule has 0 aliphatic carbocycles. The molecule has 1 saturated heterocycles. The van der Waals surface area contributed by atoms with Gasteiger partial charge < -0.3 is 15.0 Å². The van der Waals surface area contributed by atoms with Crippen molar-refractivity contribution in [3.05, 3.63) is 18.0 Å². The van der Waals surface area contributed by atoms with Crippen molar-refractivity contribution in [3.8, 4) is 0 Å². The van der Waals surface area contributed by atoms with E-state index in [1.165, 1.54) is 0 Å². The second kappa shape index (κ2) is 6.94. The third kappa shape index (κ3) is 5.16. The fourth-order valence-corrected chi connectivity index (χ4v) is 2.54. The first-order valence-electron chi connectivity index (χ1n) is 7.85. The van der Waals surface area contributed by atoms with Crippen molar-refractivity contribution in [1.29, 1.82) is 0 Å². The average Bonchev–Trinajstić information content (AvgIpc) is 2.44. The van der Waals surface area contributed by atoms with Crippen molar-refractivity contribution in [2.45, 2.75) is 46.1 Å². The van der Waals surface area contributed by atoms with Crippen LogP contribution in [0.1, 0.15) is 39.3 Å². The number of aromatic nitrogens is 2. The summed E-state index contributed by atoms with van der Waals surface area (Å²) in [5.74, 6) is 1.17. The van der Waals surface area contributed by atoms with Gasteiger partial charge in [0.2, 0.25) is 5.95 Å². The Hall–Kier alpha value is -1.85. The summed E-state index contributed by atoms with van der Waals surface area (Å²) in [6, 6.07) is 1.90. The third-order valence-electron chi connectivity index (χ3n) is 3.52. The Morgan fingerprint density at radius 1 is 1.50 bits per heavy atom. The van der Waals surface area contributed by atoms with Crippen molar-refractivity contribution < 1.29 is 9.53 Å². The smallest absolute Gasteiger partial charge is 0.407 e. The van der Waals surface area contributed by atoms with Gasteiger partial charge in [0.1, 0.15) is 5.60 Å². The van der Waals surface area contributed by atoms with Gasteiger partial charge >= 0.3 is 6.09 Å². The van der Waals surface area contributed by atoms with Crippen LogP contribution >= 0.6 is 0 Å². The number of ether oxygens (including phenoxy) is 1. The highest BCUT2D eigenvalue weighted by Crippen LogP contribution is 2.20. The summed E-state index contributed by atoms with van der Waals surface area (Å²) in [6.07, 6.45) is 3.62. The summed E-state index contributed by atoms with van der Waals surface area (Å²) in [5, 5.41) is 2.86. The molecule has 22 heavy (non-hydrogen) atoms. The molecule has 1 aromatic heterocycles. The minimum Gasteiger partial charge on any atom is -0.444 e. The molecule has 0 bridgehead atoms. The quantitative estimate of drug-likeness (QED) is 0.929. The van der Waals surface area contributed by atoms with Crippen molar-refractivity contribution in [2.75, 3.05) is 24.5 Å². The zero-order chi connectivity index (χ0) is 16.2. The van der Waals surface area contributed by atoms with Crippen molar-refractivity contribution in [2.24, 2.45) is 5.92 Å². The fraction of sp³-hybridized carbons (Fsp3) is 0.688. The SMILES string of the molecule is Cc1ccnc(N2CCC[C@@H](CNC(=O)OC(C)(C)C)C2)n1. The molecule has 1 aromatic rings. The van der Waals surface area contributed by atoms with Crippen molar-refractivity contribution >= 4 is 12.0 Å². The second-order valence-corrected chi connectivity index (χ2v) is 6.84. The first-order chi connectivity index (χ1) is 10.3. The topological polar surface area (TPSA) is 67.4 Å². The highest BCUT2D eigenvalue weighted by atomic mass is 16.6. The molecule has 2 rings (SSSR count). The van der Waals surface area contributed by atoms with Crippen LogP contribution < -0.4 is 10.2 Å². The predicted octanol–water partition coefficient (Wildman–Crippen LogP) is 2.53. The lowest BCUT2D eigenvalue weighted by Gasteiger charge is -2.33. The third-order valence-corrected chi connectivity index (χ3v) is 3.52. The summed E-state index contributed by atoms with van der Waals surface area (Å²) >= 11 is 0. The number of hydrogen-bond acceptors (Lipinski definition) is 5. The number of carbonyl (C=O) groups is 1. The zero-order valence-corrected chi connectivity index (χ0v) is 13.9. The molecule has 1 aliphatic heterocycles. The molecule has 122 valence electrons. The maximum atomic E-state index is 11.7. The summed E-state index contributed by atoms with van der Waals surface area (Å²) in [7, 11) is 0. The van der Waals surface area contributed by atoms with Gasteiger partial charge in [-0.05, 0) is 52.5 Å². The van der Waals surface area contributed by atoms with Gasteiger partial charge in [-0.25, -0.2) is 14.8 Å². The molecule has 6 nitrogen and oxygen atoms in total. The standard InChI is InChI=1S/C16H26N4O2/c1-12-7-8-17-14(19-12)20-9-5-6-13(11-20)10-18-15(21)22-16(2,3)4/h7-8,13H,5-6,9-11H2,1-4H3,(H,18,21)/t13-/m0/s1. The first-order valence-corrected chi connectivity index (χ1v) is 7.85. The van der Waals surface area contributed by atoms with Crippen LogP contribution in [0, 0.1) is 12.8 Å². The lowest BCUT2D eigenvalue weighted by molar-refractivity contribution is 0.0517. The molecule has 1 fully saturated rings. The molecule has 6 heteroatoms. The molecule has 1 aliphatic rings. The van der Waals surface area contributed by atoms with Gasteiger partial charge in [-0.15, -0.1) is 0 Å². The number of alkyl carbamates (subject to hydrolysis) is 1. The average molecular weight is 306 g/mol. The number of nitrogens with zero attached hydrogens (tertiary/aromatic N) is 3. The van der Waals surface area contributed by atoms with E-state index in [0.717, 1.165) is 37.6 Å². The van der Waals surface area contributed by atoms with E-state index in [9.17, 15) is 4.79 Å². The largest absolute Gasteiger partial charge is 0.444 e. The van der Waals surface area contributed by atoms with E-state index in [1.807, 2.05) is 33.8 Å². The van der Waals surface area contributed by atoms with Crippen LogP contribution in [0.25, 0.3) is 0 Å². The van der Waals surface area contributed by atoms with Crippen molar-refractivity contribution in [1.82, 2.24) is 15.3 Å². The lowest BCUT2D eigenvalue weighted by atomic mass is 9.98. The van der Waals surface area contributed by atoms with E-state index in [-0.39, 0.29) is 6.09 Å². The monoisotopic (exact) mass is 306 g/mol. The number of carbonyl (C=O) groups excluding carboxylic acids is 1. The van der Waals surface area contributed by atoms with Gasteiger partial charge in [0, 0.05) is 31.5 Å². The number of piperidine rings is 1. The van der Waals surface area contributed by atoms with Gasteiger partial charge in [-0.1, -0.05) is 0 Å². The van der Waals surface area contributed by atoms with E-state index in [4.69, 9.17) is 4.74 Å².